The lowest BCUT2D eigenvalue weighted by molar-refractivity contribution is 0.0633. The maximum atomic E-state index is 12.7. The molecule has 0 N–H and O–H groups in total. The number of nitrogens with zero attached hydrogens (tertiary/aromatic N) is 2. The summed E-state index contributed by atoms with van der Waals surface area (Å²) in [5, 5.41) is 0.530. The van der Waals surface area contributed by atoms with Gasteiger partial charge in [0.05, 0.1) is 5.56 Å². The number of hydrogen-bond acceptors (Lipinski definition) is 4. The van der Waals surface area contributed by atoms with Crippen molar-refractivity contribution in [3.8, 4) is 0 Å². The zero-order valence-corrected chi connectivity index (χ0v) is 15.5. The Morgan fingerprint density at radius 2 is 1.58 bits per heavy atom. The molecule has 0 amide bonds. The minimum Gasteiger partial charge on any atom is -0.404 e. The lowest BCUT2D eigenvalue weighted by Crippen LogP contribution is -2.43. The zero-order chi connectivity index (χ0) is 18.5. The van der Waals surface area contributed by atoms with Gasteiger partial charge in [-0.3, -0.25) is 9.36 Å². The molecule has 0 saturated carbocycles. The Kier molecular flexibility index (Phi) is 5.63. The first-order valence-electron chi connectivity index (χ1n) is 8.36. The van der Waals surface area contributed by atoms with Crippen LogP contribution in [0.25, 0.3) is 0 Å². The molecule has 0 saturated heterocycles. The van der Waals surface area contributed by atoms with Crippen LogP contribution in [0, 0.1) is 0 Å². The summed E-state index contributed by atoms with van der Waals surface area (Å²) < 4.78 is 2.34. The third-order valence-corrected chi connectivity index (χ3v) is 5.09. The summed E-state index contributed by atoms with van der Waals surface area (Å²) in [5.41, 5.74) is 0.744. The van der Waals surface area contributed by atoms with Gasteiger partial charge in [0.25, 0.3) is 5.56 Å². The van der Waals surface area contributed by atoms with Crippen molar-refractivity contribution in [2.24, 2.45) is 7.05 Å². The Labute approximate surface area is 155 Å². The molecule has 2 aromatic carbocycles. The molecule has 0 bridgehead atoms. The van der Waals surface area contributed by atoms with Crippen LogP contribution in [0.1, 0.15) is 18.1 Å². The van der Waals surface area contributed by atoms with E-state index in [2.05, 4.69) is 0 Å². The summed E-state index contributed by atoms with van der Waals surface area (Å²) in [6, 6.07) is 19.3. The summed E-state index contributed by atoms with van der Waals surface area (Å²) in [6.07, 6.45) is 0.511. The Balaban J connectivity index is 2.06. The minimum atomic E-state index is -0.485. The molecule has 3 rings (SSSR count). The lowest BCUT2D eigenvalue weighted by atomic mass is 10.2. The highest BCUT2D eigenvalue weighted by atomic mass is 32.2. The van der Waals surface area contributed by atoms with Crippen molar-refractivity contribution in [3.05, 3.63) is 92.6 Å². The molecule has 0 fully saturated rings. The fraction of sp³-hybridized carbons (Fsp3) is 0.200. The smallest absolute Gasteiger partial charge is 0.364 e. The van der Waals surface area contributed by atoms with Crippen molar-refractivity contribution in [2.45, 2.75) is 29.9 Å². The second-order valence-corrected chi connectivity index (χ2v) is 6.81. The summed E-state index contributed by atoms with van der Waals surface area (Å²) >= 11 is 1.36. The van der Waals surface area contributed by atoms with Crippen molar-refractivity contribution >= 4 is 11.8 Å². The second kappa shape index (κ2) is 8.10. The van der Waals surface area contributed by atoms with Gasteiger partial charge in [-0.05, 0) is 24.1 Å². The largest absolute Gasteiger partial charge is 0.404 e. The monoisotopic (exact) mass is 368 g/mol. The molecule has 3 aromatic rings. The van der Waals surface area contributed by atoms with Crippen LogP contribution in [0.2, 0.25) is 0 Å². The van der Waals surface area contributed by atoms with Crippen LogP contribution in [0.3, 0.4) is 0 Å². The van der Waals surface area contributed by atoms with Crippen LogP contribution < -0.4 is 16.1 Å². The van der Waals surface area contributed by atoms with Crippen molar-refractivity contribution < 1.29 is 4.84 Å². The van der Waals surface area contributed by atoms with Crippen molar-refractivity contribution in [1.82, 2.24) is 9.30 Å². The van der Waals surface area contributed by atoms with E-state index in [1.165, 1.54) is 23.5 Å². The predicted octanol–water partition coefficient (Wildman–Crippen LogP) is 2.89. The number of hydrogen-bond donors (Lipinski definition) is 0. The van der Waals surface area contributed by atoms with Crippen molar-refractivity contribution in [2.75, 3.05) is 0 Å². The molecule has 0 aliphatic heterocycles. The highest BCUT2D eigenvalue weighted by molar-refractivity contribution is 7.99. The molecule has 0 unspecified atom stereocenters. The van der Waals surface area contributed by atoms with E-state index in [9.17, 15) is 9.59 Å². The molecule has 134 valence electrons. The van der Waals surface area contributed by atoms with Gasteiger partial charge in [-0.1, -0.05) is 67.2 Å². The van der Waals surface area contributed by atoms with Crippen LogP contribution in [0.4, 0.5) is 0 Å². The molecule has 0 radical (unpaired) electrons. The van der Waals surface area contributed by atoms with E-state index in [-0.39, 0.29) is 12.2 Å². The normalized spacial score (nSPS) is 10.7. The van der Waals surface area contributed by atoms with E-state index in [1.807, 2.05) is 67.6 Å². The van der Waals surface area contributed by atoms with Crippen molar-refractivity contribution in [1.29, 1.82) is 0 Å². The first-order valence-corrected chi connectivity index (χ1v) is 9.18. The van der Waals surface area contributed by atoms with Crippen LogP contribution in [0.15, 0.2) is 80.2 Å². The quantitative estimate of drug-likeness (QED) is 0.628. The zero-order valence-electron chi connectivity index (χ0n) is 14.7. The Morgan fingerprint density at radius 1 is 0.962 bits per heavy atom. The maximum Gasteiger partial charge on any atom is 0.364 e. The standard InChI is InChI=1S/C20H20N2O3S/c1-3-17-18(23)21(2)20(24)22(25-14-15-10-6-4-7-11-15)19(17)26-16-12-8-5-9-13-16/h4-13H,3,14H2,1-2H3. The molecule has 5 nitrogen and oxygen atoms in total. The van der Waals surface area contributed by atoms with Crippen LogP contribution >= 0.6 is 11.8 Å². The Bertz CT molecular complexity index is 995. The van der Waals surface area contributed by atoms with Crippen LogP contribution in [0.5, 0.6) is 0 Å². The fourth-order valence-electron chi connectivity index (χ4n) is 2.56. The van der Waals surface area contributed by atoms with Gasteiger partial charge < -0.3 is 4.84 Å². The number of aromatic nitrogens is 2. The predicted molar refractivity (Wildman–Crippen MR) is 103 cm³/mol. The lowest BCUT2D eigenvalue weighted by Gasteiger charge is -2.17. The molecule has 0 aliphatic rings. The topological polar surface area (TPSA) is 53.2 Å². The van der Waals surface area contributed by atoms with Gasteiger partial charge in [-0.15, -0.1) is 4.73 Å². The molecule has 0 spiro atoms. The molecular formula is C20H20N2O3S. The summed E-state index contributed by atoms with van der Waals surface area (Å²) in [6.45, 7) is 2.14. The molecule has 6 heteroatoms. The third kappa shape index (κ3) is 3.75. The van der Waals surface area contributed by atoms with Gasteiger partial charge in [0, 0.05) is 11.9 Å². The number of rotatable bonds is 6. The highest BCUT2D eigenvalue weighted by Crippen LogP contribution is 2.28. The van der Waals surface area contributed by atoms with E-state index in [1.54, 1.807) is 0 Å². The molecular weight excluding hydrogens is 348 g/mol. The summed E-state index contributed by atoms with van der Waals surface area (Å²) in [4.78, 5) is 32.0. The van der Waals surface area contributed by atoms with Gasteiger partial charge in [-0.25, -0.2) is 4.79 Å². The van der Waals surface area contributed by atoms with E-state index in [4.69, 9.17) is 4.84 Å². The van der Waals surface area contributed by atoms with Gasteiger partial charge in [0.2, 0.25) is 0 Å². The van der Waals surface area contributed by atoms with Gasteiger partial charge in [0.15, 0.2) is 0 Å². The van der Waals surface area contributed by atoms with Gasteiger partial charge in [-0.2, -0.15) is 0 Å². The van der Waals surface area contributed by atoms with Gasteiger partial charge in [0.1, 0.15) is 11.6 Å². The number of benzene rings is 2. The van der Waals surface area contributed by atoms with E-state index < -0.39 is 5.69 Å². The molecule has 1 heterocycles. The van der Waals surface area contributed by atoms with Crippen LogP contribution in [-0.4, -0.2) is 9.30 Å². The highest BCUT2D eigenvalue weighted by Gasteiger charge is 2.18. The summed E-state index contributed by atoms with van der Waals surface area (Å²) in [5.74, 6) is 0. The first kappa shape index (κ1) is 18.1. The van der Waals surface area contributed by atoms with E-state index in [0.29, 0.717) is 17.0 Å². The van der Waals surface area contributed by atoms with E-state index in [0.717, 1.165) is 15.0 Å². The van der Waals surface area contributed by atoms with Crippen molar-refractivity contribution in [3.63, 3.8) is 0 Å². The second-order valence-electron chi connectivity index (χ2n) is 5.75. The Hall–Kier alpha value is -2.73. The Morgan fingerprint density at radius 3 is 2.19 bits per heavy atom. The summed E-state index contributed by atoms with van der Waals surface area (Å²) in [7, 11) is 1.48. The fourth-order valence-corrected chi connectivity index (χ4v) is 3.64. The average Bonchev–Trinajstić information content (AvgIpc) is 2.68. The third-order valence-electron chi connectivity index (χ3n) is 3.98. The minimum absolute atomic E-state index is 0.241. The molecule has 0 atom stereocenters. The van der Waals surface area contributed by atoms with E-state index >= 15 is 0 Å². The SMILES string of the molecule is CCc1c(Sc2ccccc2)n(OCc2ccccc2)c(=O)n(C)c1=O. The van der Waals surface area contributed by atoms with Crippen LogP contribution in [-0.2, 0) is 20.1 Å². The van der Waals surface area contributed by atoms with Gasteiger partial charge >= 0.3 is 5.69 Å². The molecule has 26 heavy (non-hydrogen) atoms. The molecule has 0 aliphatic carbocycles. The first-order chi connectivity index (χ1) is 12.6. The maximum absolute atomic E-state index is 12.7. The average molecular weight is 368 g/mol. The molecule has 1 aromatic heterocycles.